The number of aromatic amines is 1. The van der Waals surface area contributed by atoms with E-state index in [1.165, 1.54) is 12.3 Å². The van der Waals surface area contributed by atoms with E-state index in [9.17, 15) is 9.59 Å². The van der Waals surface area contributed by atoms with Crippen LogP contribution in [0.5, 0.6) is 0 Å². The Balaban J connectivity index is 2.37. The van der Waals surface area contributed by atoms with Crippen LogP contribution >= 0.6 is 0 Å². The van der Waals surface area contributed by atoms with E-state index in [0.29, 0.717) is 0 Å². The number of nitrogens with zero attached hydrogens (tertiary/aromatic N) is 1. The normalized spacial score (nSPS) is 25.8. The van der Waals surface area contributed by atoms with Gasteiger partial charge in [0.15, 0.2) is 29.0 Å². The number of aromatic nitrogens is 2. The molecule has 1 unspecified atom stereocenters. The molecule has 31 heavy (non-hydrogen) atoms. The molecule has 178 valence electrons. The van der Waals surface area contributed by atoms with Gasteiger partial charge in [0.2, 0.25) is 0 Å². The van der Waals surface area contributed by atoms with Crippen molar-refractivity contribution in [3.8, 4) is 0 Å². The first kappa shape index (κ1) is 26.2. The second kappa shape index (κ2) is 8.70. The van der Waals surface area contributed by atoms with E-state index in [4.69, 9.17) is 13.6 Å². The number of rotatable bonds is 6. The first-order valence-corrected chi connectivity index (χ1v) is 16.6. The summed E-state index contributed by atoms with van der Waals surface area (Å²) in [5.74, 6) is 0. The van der Waals surface area contributed by atoms with Gasteiger partial charge >= 0.3 is 5.69 Å². The Hall–Kier alpha value is -1.08. The molecule has 1 aliphatic heterocycles. The van der Waals surface area contributed by atoms with Gasteiger partial charge < -0.3 is 13.6 Å². The topological polar surface area (TPSA) is 82.5 Å². The van der Waals surface area contributed by atoms with Gasteiger partial charge in [-0.2, -0.15) is 0 Å². The Bertz CT molecular complexity index is 885. The van der Waals surface area contributed by atoms with E-state index in [0.717, 1.165) is 4.57 Å². The van der Waals surface area contributed by atoms with E-state index in [2.05, 4.69) is 72.7 Å². The lowest BCUT2D eigenvalue weighted by molar-refractivity contribution is -0.0455. The van der Waals surface area contributed by atoms with Crippen LogP contribution in [-0.2, 0) is 13.6 Å². The first-order valence-electron chi connectivity index (χ1n) is 10.8. The molecule has 0 radical (unpaired) electrons. The summed E-state index contributed by atoms with van der Waals surface area (Å²) in [6.07, 6.45) is -3.03. The summed E-state index contributed by atoms with van der Waals surface area (Å²) in [7, 11) is -4.43. The number of nitrogens with one attached hydrogen (secondary N) is 1. The summed E-state index contributed by atoms with van der Waals surface area (Å²) in [6.45, 7) is 21.2. The van der Waals surface area contributed by atoms with Crippen LogP contribution in [0.15, 0.2) is 21.9 Å². The summed E-state index contributed by atoms with van der Waals surface area (Å²) in [6, 6.07) is 1.18. The van der Waals surface area contributed by atoms with Gasteiger partial charge in [-0.05, 0) is 36.3 Å². The lowest BCUT2D eigenvalue weighted by atomic mass is 10.1. The number of H-pyrrole nitrogens is 1. The zero-order valence-electron chi connectivity index (χ0n) is 20.5. The van der Waals surface area contributed by atoms with Crippen LogP contribution in [-0.4, -0.2) is 51.2 Å². The maximum absolute atomic E-state index is 15.7. The SMILES string of the molecule is CC(C)(C)[Si](C)(C)OC[C@H]1O[C@@H](n2ccc(=O)[nH]c2=O)[C@H](F)C1O[Si](C)(C)C(C)(C)C. The molecule has 7 nitrogen and oxygen atoms in total. The maximum atomic E-state index is 15.7. The predicted molar refractivity (Wildman–Crippen MR) is 125 cm³/mol. The van der Waals surface area contributed by atoms with Crippen LogP contribution in [0.3, 0.4) is 0 Å². The second-order valence-corrected chi connectivity index (χ2v) is 21.0. The zero-order valence-corrected chi connectivity index (χ0v) is 22.5. The van der Waals surface area contributed by atoms with Gasteiger partial charge in [-0.15, -0.1) is 0 Å². The predicted octanol–water partition coefficient (Wildman–Crippen LogP) is 4.18. The highest BCUT2D eigenvalue weighted by atomic mass is 28.4. The number of ether oxygens (including phenoxy) is 1. The Morgan fingerprint density at radius 1 is 1.06 bits per heavy atom. The van der Waals surface area contributed by atoms with Gasteiger partial charge in [-0.25, -0.2) is 9.18 Å². The number of hydrogen-bond donors (Lipinski definition) is 1. The molecule has 1 aromatic heterocycles. The highest BCUT2D eigenvalue weighted by Gasteiger charge is 2.52. The summed E-state index contributed by atoms with van der Waals surface area (Å²) in [4.78, 5) is 25.9. The lowest BCUT2D eigenvalue weighted by Crippen LogP contribution is -2.50. The van der Waals surface area contributed by atoms with Crippen LogP contribution in [0, 0.1) is 0 Å². The highest BCUT2D eigenvalue weighted by Crippen LogP contribution is 2.43. The van der Waals surface area contributed by atoms with Crippen LogP contribution in [0.4, 0.5) is 4.39 Å². The van der Waals surface area contributed by atoms with Crippen molar-refractivity contribution >= 4 is 16.6 Å². The van der Waals surface area contributed by atoms with Crippen molar-refractivity contribution in [3.05, 3.63) is 33.1 Å². The maximum Gasteiger partial charge on any atom is 0.330 e. The fourth-order valence-corrected chi connectivity index (χ4v) is 5.17. The fourth-order valence-electron chi connectivity index (χ4n) is 2.84. The van der Waals surface area contributed by atoms with Crippen LogP contribution < -0.4 is 11.2 Å². The molecule has 0 amide bonds. The van der Waals surface area contributed by atoms with Crippen LogP contribution in [0.1, 0.15) is 47.8 Å². The molecule has 1 aromatic rings. The first-order chi connectivity index (χ1) is 13.9. The average molecular weight is 475 g/mol. The molecule has 2 heterocycles. The third-order valence-corrected chi connectivity index (χ3v) is 16.0. The molecule has 1 N–H and O–H groups in total. The third kappa shape index (κ3) is 5.65. The molecule has 1 aliphatic rings. The Morgan fingerprint density at radius 2 is 1.61 bits per heavy atom. The van der Waals surface area contributed by atoms with E-state index in [-0.39, 0.29) is 16.7 Å². The largest absolute Gasteiger partial charge is 0.414 e. The number of alkyl halides is 1. The Morgan fingerprint density at radius 3 is 2.10 bits per heavy atom. The summed E-state index contributed by atoms with van der Waals surface area (Å²) < 4.78 is 35.6. The van der Waals surface area contributed by atoms with Crippen molar-refractivity contribution in [1.29, 1.82) is 0 Å². The molecular formula is C21H39FN2O5Si2. The van der Waals surface area contributed by atoms with Gasteiger partial charge in [-0.1, -0.05) is 41.5 Å². The molecule has 0 aliphatic carbocycles. The van der Waals surface area contributed by atoms with Crippen molar-refractivity contribution in [1.82, 2.24) is 9.55 Å². The molecule has 0 bridgehead atoms. The fraction of sp³-hybridized carbons (Fsp3) is 0.810. The average Bonchev–Trinajstić information content (AvgIpc) is 2.87. The molecule has 4 atom stereocenters. The molecule has 0 aromatic carbocycles. The minimum Gasteiger partial charge on any atom is -0.414 e. The van der Waals surface area contributed by atoms with E-state index < -0.39 is 52.5 Å². The number of halogens is 1. The summed E-state index contributed by atoms with van der Waals surface area (Å²) in [5.41, 5.74) is -1.25. The molecule has 1 saturated heterocycles. The summed E-state index contributed by atoms with van der Waals surface area (Å²) in [5, 5.41) is -0.129. The Labute approximate surface area is 186 Å². The Kier molecular flexibility index (Phi) is 7.34. The van der Waals surface area contributed by atoms with Crippen molar-refractivity contribution in [2.45, 2.75) is 102 Å². The van der Waals surface area contributed by atoms with E-state index in [1.807, 2.05) is 0 Å². The van der Waals surface area contributed by atoms with Gasteiger partial charge in [0.05, 0.1) is 6.61 Å². The quantitative estimate of drug-likeness (QED) is 0.625. The lowest BCUT2D eigenvalue weighted by Gasteiger charge is -2.40. The van der Waals surface area contributed by atoms with Crippen molar-refractivity contribution in [2.24, 2.45) is 0 Å². The van der Waals surface area contributed by atoms with Gasteiger partial charge in [0, 0.05) is 12.3 Å². The summed E-state index contributed by atoms with van der Waals surface area (Å²) >= 11 is 0. The monoisotopic (exact) mass is 474 g/mol. The molecule has 1 fully saturated rings. The smallest absolute Gasteiger partial charge is 0.330 e. The standard InChI is InChI=1S/C21H39FN2O5Si2/c1-20(2,3)30(7,8)27-13-14-17(29-31(9,10)21(4,5)6)16(22)18(28-14)24-12-11-15(25)23-19(24)26/h11-12,14,16-18H,13H2,1-10H3,(H,23,25,26)/t14-,16-,17?,18-/m1/s1. The minimum absolute atomic E-state index is 0.00817. The molecular weight excluding hydrogens is 435 g/mol. The van der Waals surface area contributed by atoms with E-state index >= 15 is 4.39 Å². The highest BCUT2D eigenvalue weighted by molar-refractivity contribution is 6.74. The third-order valence-electron chi connectivity index (χ3n) is 7.04. The van der Waals surface area contributed by atoms with Gasteiger partial charge in [-0.3, -0.25) is 14.3 Å². The molecule has 10 heteroatoms. The van der Waals surface area contributed by atoms with Crippen LogP contribution in [0.25, 0.3) is 0 Å². The second-order valence-electron chi connectivity index (χ2n) is 11.4. The van der Waals surface area contributed by atoms with Crippen molar-refractivity contribution in [2.75, 3.05) is 6.61 Å². The van der Waals surface area contributed by atoms with Gasteiger partial charge in [0.1, 0.15) is 12.2 Å². The van der Waals surface area contributed by atoms with Crippen molar-refractivity contribution in [3.63, 3.8) is 0 Å². The minimum atomic E-state index is -2.33. The van der Waals surface area contributed by atoms with E-state index in [1.54, 1.807) is 0 Å². The van der Waals surface area contributed by atoms with Gasteiger partial charge in [0.25, 0.3) is 5.56 Å². The molecule has 0 spiro atoms. The molecule has 2 rings (SSSR count). The van der Waals surface area contributed by atoms with Crippen molar-refractivity contribution < 1.29 is 18.0 Å². The van der Waals surface area contributed by atoms with Crippen LogP contribution in [0.2, 0.25) is 36.3 Å². The zero-order chi connectivity index (χ0) is 24.0. The molecule has 0 saturated carbocycles. The number of hydrogen-bond acceptors (Lipinski definition) is 5.